The van der Waals surface area contributed by atoms with Gasteiger partial charge in [0.1, 0.15) is 16.8 Å². The molecule has 3 heterocycles. The molecule has 0 bridgehead atoms. The SMILES string of the molecule is c1ccc(-c2nc(-n3c4ccc5ccccc5c4c4c5ccccc5ccc43)nc3c2oc2cc4ccccc4cc23)cc1. The van der Waals surface area contributed by atoms with E-state index < -0.39 is 0 Å². The zero-order chi connectivity index (χ0) is 28.8. The average molecular weight is 562 g/mol. The Kier molecular flexibility index (Phi) is 4.69. The van der Waals surface area contributed by atoms with Crippen LogP contribution < -0.4 is 0 Å². The van der Waals surface area contributed by atoms with Crippen LogP contribution in [0.15, 0.2) is 144 Å². The highest BCUT2D eigenvalue weighted by Gasteiger charge is 2.23. The third-order valence-electron chi connectivity index (χ3n) is 8.96. The van der Waals surface area contributed by atoms with Gasteiger partial charge >= 0.3 is 0 Å². The van der Waals surface area contributed by atoms with Crippen molar-refractivity contribution in [1.82, 2.24) is 14.5 Å². The summed E-state index contributed by atoms with van der Waals surface area (Å²) in [5, 5.41) is 10.5. The van der Waals surface area contributed by atoms with E-state index in [0.29, 0.717) is 11.5 Å². The summed E-state index contributed by atoms with van der Waals surface area (Å²) in [6.07, 6.45) is 0. The molecule has 0 aliphatic carbocycles. The highest BCUT2D eigenvalue weighted by Crippen LogP contribution is 2.42. The summed E-state index contributed by atoms with van der Waals surface area (Å²) in [4.78, 5) is 10.6. The number of benzene rings is 7. The second-order valence-electron chi connectivity index (χ2n) is 11.4. The maximum absolute atomic E-state index is 6.57. The van der Waals surface area contributed by atoms with Gasteiger partial charge in [-0.25, -0.2) is 9.97 Å². The predicted molar refractivity (Wildman–Crippen MR) is 182 cm³/mol. The molecule has 0 radical (unpaired) electrons. The zero-order valence-electron chi connectivity index (χ0n) is 23.5. The largest absolute Gasteiger partial charge is 0.452 e. The number of rotatable bonds is 2. The van der Waals surface area contributed by atoms with Crippen LogP contribution in [0.3, 0.4) is 0 Å². The average Bonchev–Trinajstić information content (AvgIpc) is 3.62. The first kappa shape index (κ1) is 23.6. The molecule has 0 saturated heterocycles. The molecule has 0 saturated carbocycles. The van der Waals surface area contributed by atoms with Crippen LogP contribution in [0, 0.1) is 0 Å². The number of fused-ring (bicyclic) bond motifs is 11. The van der Waals surface area contributed by atoms with E-state index in [1.165, 1.54) is 32.3 Å². The van der Waals surface area contributed by atoms with Gasteiger partial charge in [-0.3, -0.25) is 4.57 Å². The molecule has 0 aliphatic rings. The Bertz CT molecular complexity index is 2680. The van der Waals surface area contributed by atoms with E-state index in [1.54, 1.807) is 0 Å². The second kappa shape index (κ2) is 8.76. The summed E-state index contributed by atoms with van der Waals surface area (Å²) in [7, 11) is 0. The van der Waals surface area contributed by atoms with Gasteiger partial charge in [-0.15, -0.1) is 0 Å². The van der Waals surface area contributed by atoms with Crippen LogP contribution in [0.1, 0.15) is 0 Å². The topological polar surface area (TPSA) is 43.9 Å². The molecule has 3 aromatic heterocycles. The van der Waals surface area contributed by atoms with Crippen molar-refractivity contribution in [2.45, 2.75) is 0 Å². The molecule has 4 nitrogen and oxygen atoms in total. The minimum absolute atomic E-state index is 0.623. The maximum Gasteiger partial charge on any atom is 0.236 e. The Labute approximate surface area is 251 Å². The molecule has 0 atom stereocenters. The van der Waals surface area contributed by atoms with Crippen LogP contribution in [0.5, 0.6) is 0 Å². The molecule has 0 spiro atoms. The van der Waals surface area contributed by atoms with E-state index in [0.717, 1.165) is 49.5 Å². The van der Waals surface area contributed by atoms with E-state index in [1.807, 2.05) is 18.2 Å². The fourth-order valence-electron chi connectivity index (χ4n) is 6.97. The third-order valence-corrected chi connectivity index (χ3v) is 8.96. The first-order valence-electron chi connectivity index (χ1n) is 14.8. The van der Waals surface area contributed by atoms with Gasteiger partial charge in [0.2, 0.25) is 5.95 Å². The van der Waals surface area contributed by atoms with E-state index in [4.69, 9.17) is 14.4 Å². The summed E-state index contributed by atoms with van der Waals surface area (Å²) in [6, 6.07) is 49.0. The quantitative estimate of drug-likeness (QED) is 0.211. The van der Waals surface area contributed by atoms with E-state index in [9.17, 15) is 0 Å². The van der Waals surface area contributed by atoms with Crippen molar-refractivity contribution in [2.24, 2.45) is 0 Å². The van der Waals surface area contributed by atoms with E-state index in [2.05, 4.69) is 126 Å². The lowest BCUT2D eigenvalue weighted by atomic mass is 10.00. The molecule has 10 rings (SSSR count). The predicted octanol–water partition coefficient (Wildman–Crippen LogP) is 10.6. The lowest BCUT2D eigenvalue weighted by Crippen LogP contribution is -2.02. The summed E-state index contributed by atoms with van der Waals surface area (Å²) < 4.78 is 8.81. The van der Waals surface area contributed by atoms with Gasteiger partial charge in [-0.1, -0.05) is 115 Å². The van der Waals surface area contributed by atoms with Crippen LogP contribution in [-0.4, -0.2) is 14.5 Å². The van der Waals surface area contributed by atoms with Gasteiger partial charge in [0, 0.05) is 21.7 Å². The molecule has 204 valence electrons. The lowest BCUT2D eigenvalue weighted by molar-refractivity contribution is 0.667. The van der Waals surface area contributed by atoms with E-state index >= 15 is 0 Å². The van der Waals surface area contributed by atoms with Crippen molar-refractivity contribution in [3.63, 3.8) is 0 Å². The Morgan fingerprint density at radius 1 is 0.477 bits per heavy atom. The molecular formula is C40H23N3O. The van der Waals surface area contributed by atoms with Crippen LogP contribution in [0.2, 0.25) is 0 Å². The minimum atomic E-state index is 0.623. The van der Waals surface area contributed by atoms with Gasteiger partial charge in [0.05, 0.1) is 11.0 Å². The van der Waals surface area contributed by atoms with Gasteiger partial charge in [0.15, 0.2) is 5.58 Å². The summed E-state index contributed by atoms with van der Waals surface area (Å²) in [6.45, 7) is 0. The Morgan fingerprint density at radius 3 is 1.70 bits per heavy atom. The highest BCUT2D eigenvalue weighted by atomic mass is 16.3. The fraction of sp³-hybridized carbons (Fsp3) is 0. The lowest BCUT2D eigenvalue weighted by Gasteiger charge is -2.10. The van der Waals surface area contributed by atoms with Crippen LogP contribution in [0.4, 0.5) is 0 Å². The molecule has 0 fully saturated rings. The number of hydrogen-bond donors (Lipinski definition) is 0. The standard InChI is InChI=1S/C40H23N3O/c1-2-12-26(13-3-1)37-39-38(31-22-27-14-4-5-15-28(27)23-34(31)44-39)42-40(41-37)43-32-20-18-24-10-6-8-16-29(24)35(32)36-30-17-9-7-11-25(30)19-21-33(36)43/h1-23H. The smallest absolute Gasteiger partial charge is 0.236 e. The third kappa shape index (κ3) is 3.22. The van der Waals surface area contributed by atoms with Crippen LogP contribution in [0.25, 0.3) is 93.4 Å². The maximum atomic E-state index is 6.57. The minimum Gasteiger partial charge on any atom is -0.452 e. The van der Waals surface area contributed by atoms with Crippen molar-refractivity contribution in [1.29, 1.82) is 0 Å². The Morgan fingerprint density at radius 2 is 1.05 bits per heavy atom. The number of nitrogens with zero attached hydrogens (tertiary/aromatic N) is 3. The number of hydrogen-bond acceptors (Lipinski definition) is 3. The number of furan rings is 1. The van der Waals surface area contributed by atoms with Gasteiger partial charge < -0.3 is 4.42 Å². The Balaban J connectivity index is 1.40. The fourth-order valence-corrected chi connectivity index (χ4v) is 6.97. The van der Waals surface area contributed by atoms with Gasteiger partial charge in [0.25, 0.3) is 0 Å². The zero-order valence-corrected chi connectivity index (χ0v) is 23.5. The summed E-state index contributed by atoms with van der Waals surface area (Å²) >= 11 is 0. The van der Waals surface area contributed by atoms with Crippen molar-refractivity contribution in [3.05, 3.63) is 140 Å². The van der Waals surface area contributed by atoms with Crippen LogP contribution in [-0.2, 0) is 0 Å². The van der Waals surface area contributed by atoms with Crippen molar-refractivity contribution < 1.29 is 4.42 Å². The molecule has 7 aromatic carbocycles. The van der Waals surface area contributed by atoms with Gasteiger partial charge in [-0.2, -0.15) is 0 Å². The van der Waals surface area contributed by atoms with Gasteiger partial charge in [-0.05, 0) is 56.6 Å². The van der Waals surface area contributed by atoms with Crippen molar-refractivity contribution >= 4 is 76.2 Å². The molecule has 44 heavy (non-hydrogen) atoms. The van der Waals surface area contributed by atoms with Crippen molar-refractivity contribution in [3.8, 4) is 17.2 Å². The van der Waals surface area contributed by atoms with Crippen molar-refractivity contribution in [2.75, 3.05) is 0 Å². The monoisotopic (exact) mass is 561 g/mol. The summed E-state index contributed by atoms with van der Waals surface area (Å²) in [5.41, 5.74) is 6.23. The first-order chi connectivity index (χ1) is 21.8. The highest BCUT2D eigenvalue weighted by molar-refractivity contribution is 6.28. The molecule has 0 unspecified atom stereocenters. The summed E-state index contributed by atoms with van der Waals surface area (Å²) in [5.74, 6) is 0.623. The second-order valence-corrected chi connectivity index (χ2v) is 11.4. The number of aromatic nitrogens is 3. The van der Waals surface area contributed by atoms with E-state index in [-0.39, 0.29) is 0 Å². The molecule has 4 heteroatoms. The molecule has 0 amide bonds. The Hall–Kier alpha value is -6.00. The molecule has 0 N–H and O–H groups in total. The first-order valence-corrected chi connectivity index (χ1v) is 14.8. The molecule has 0 aliphatic heterocycles. The molecule has 10 aromatic rings. The normalized spacial score (nSPS) is 12.1. The molecular weight excluding hydrogens is 538 g/mol. The van der Waals surface area contributed by atoms with Crippen LogP contribution >= 0.6 is 0 Å².